The molecule has 0 atom stereocenters. The third kappa shape index (κ3) is 1.69. The van der Waals surface area contributed by atoms with E-state index in [9.17, 15) is 0 Å². The van der Waals surface area contributed by atoms with Crippen molar-refractivity contribution in [2.24, 2.45) is 0 Å². The Bertz CT molecular complexity index is 865. The van der Waals surface area contributed by atoms with E-state index in [1.165, 1.54) is 5.56 Å². The number of aryl methyl sites for hydroxylation is 2. The lowest BCUT2D eigenvalue weighted by Crippen LogP contribution is -1.77. The number of nitrogens with one attached hydrogen (secondary N) is 1. The Kier molecular flexibility index (Phi) is 2.21. The summed E-state index contributed by atoms with van der Waals surface area (Å²) >= 11 is 0. The first-order valence-electron chi connectivity index (χ1n) is 6.53. The molecular weight excluding hydrogens is 250 g/mol. The molecule has 0 aliphatic heterocycles. The Morgan fingerprint density at radius 3 is 2.55 bits per heavy atom. The van der Waals surface area contributed by atoms with Gasteiger partial charge in [0.2, 0.25) is 5.89 Å². The van der Waals surface area contributed by atoms with Crippen molar-refractivity contribution in [3.8, 4) is 11.5 Å². The summed E-state index contributed by atoms with van der Waals surface area (Å²) < 4.78 is 5.85. The number of hydrogen-bond donors (Lipinski definition) is 1. The molecule has 0 aliphatic carbocycles. The van der Waals surface area contributed by atoms with Crippen LogP contribution in [0.25, 0.3) is 33.6 Å². The number of rotatable bonds is 1. The van der Waals surface area contributed by atoms with E-state index in [2.05, 4.69) is 34.0 Å². The minimum absolute atomic E-state index is 0.643. The largest absolute Gasteiger partial charge is 0.436 e. The molecule has 4 heteroatoms. The Morgan fingerprint density at radius 1 is 0.950 bits per heavy atom. The summed E-state index contributed by atoms with van der Waals surface area (Å²) in [5.74, 6) is 1.54. The van der Waals surface area contributed by atoms with Crippen LogP contribution in [0.1, 0.15) is 11.4 Å². The maximum Gasteiger partial charge on any atom is 0.227 e. The fraction of sp³-hybridized carbons (Fsp3) is 0.125. The van der Waals surface area contributed by atoms with Gasteiger partial charge in [0.25, 0.3) is 0 Å². The van der Waals surface area contributed by atoms with Crippen molar-refractivity contribution in [3.63, 3.8) is 0 Å². The average molecular weight is 263 g/mol. The van der Waals surface area contributed by atoms with Crippen LogP contribution < -0.4 is 0 Å². The van der Waals surface area contributed by atoms with Crippen LogP contribution in [0.4, 0.5) is 0 Å². The van der Waals surface area contributed by atoms with E-state index in [4.69, 9.17) is 4.42 Å². The van der Waals surface area contributed by atoms with E-state index in [1.54, 1.807) is 0 Å². The van der Waals surface area contributed by atoms with Gasteiger partial charge in [-0.25, -0.2) is 9.97 Å². The molecule has 2 aromatic heterocycles. The highest BCUT2D eigenvalue weighted by atomic mass is 16.3. The van der Waals surface area contributed by atoms with Gasteiger partial charge >= 0.3 is 0 Å². The molecule has 4 aromatic rings. The third-order valence-corrected chi connectivity index (χ3v) is 3.41. The number of fused-ring (bicyclic) bond motifs is 2. The highest BCUT2D eigenvalue weighted by Crippen LogP contribution is 2.27. The highest BCUT2D eigenvalue weighted by Gasteiger charge is 2.10. The van der Waals surface area contributed by atoms with Crippen molar-refractivity contribution in [3.05, 3.63) is 47.8 Å². The first kappa shape index (κ1) is 11.2. The number of H-pyrrole nitrogens is 1. The smallest absolute Gasteiger partial charge is 0.227 e. The number of nitrogens with zero attached hydrogens (tertiary/aromatic N) is 2. The van der Waals surface area contributed by atoms with E-state index in [1.807, 2.05) is 31.2 Å². The number of hydrogen-bond acceptors (Lipinski definition) is 3. The molecule has 0 amide bonds. The Labute approximate surface area is 115 Å². The van der Waals surface area contributed by atoms with Crippen molar-refractivity contribution in [2.45, 2.75) is 13.8 Å². The van der Waals surface area contributed by atoms with Crippen LogP contribution in [0.2, 0.25) is 0 Å². The molecule has 0 saturated heterocycles. The SMILES string of the molecule is Cc1ccc(-c2nc3cc4[nH]c(C)nc4cc3o2)cc1. The summed E-state index contributed by atoms with van der Waals surface area (Å²) in [4.78, 5) is 12.2. The van der Waals surface area contributed by atoms with Gasteiger partial charge in [0, 0.05) is 11.6 Å². The summed E-state index contributed by atoms with van der Waals surface area (Å²) in [7, 11) is 0. The topological polar surface area (TPSA) is 54.7 Å². The van der Waals surface area contributed by atoms with Gasteiger partial charge in [0.1, 0.15) is 11.3 Å². The van der Waals surface area contributed by atoms with Crippen LogP contribution in [0.3, 0.4) is 0 Å². The van der Waals surface area contributed by atoms with Crippen molar-refractivity contribution in [1.29, 1.82) is 0 Å². The normalized spacial score (nSPS) is 11.5. The quantitative estimate of drug-likeness (QED) is 0.565. The minimum atomic E-state index is 0.643. The van der Waals surface area contributed by atoms with Crippen molar-refractivity contribution in [2.75, 3.05) is 0 Å². The van der Waals surface area contributed by atoms with E-state index in [0.717, 1.165) is 33.5 Å². The highest BCUT2D eigenvalue weighted by molar-refractivity contribution is 5.91. The van der Waals surface area contributed by atoms with Gasteiger partial charge in [0.15, 0.2) is 5.58 Å². The molecule has 4 nitrogen and oxygen atoms in total. The number of imidazole rings is 1. The zero-order valence-corrected chi connectivity index (χ0v) is 11.3. The van der Waals surface area contributed by atoms with Crippen LogP contribution in [0.15, 0.2) is 40.8 Å². The van der Waals surface area contributed by atoms with Crippen molar-refractivity contribution in [1.82, 2.24) is 15.0 Å². The zero-order chi connectivity index (χ0) is 13.7. The minimum Gasteiger partial charge on any atom is -0.436 e. The molecule has 0 bridgehead atoms. The van der Waals surface area contributed by atoms with Crippen molar-refractivity contribution >= 4 is 22.1 Å². The summed E-state index contributed by atoms with van der Waals surface area (Å²) in [6.07, 6.45) is 0. The predicted octanol–water partition coefficient (Wildman–Crippen LogP) is 3.99. The summed E-state index contributed by atoms with van der Waals surface area (Å²) in [6, 6.07) is 12.1. The van der Waals surface area contributed by atoms with Gasteiger partial charge in [-0.1, -0.05) is 17.7 Å². The molecule has 2 aromatic carbocycles. The van der Waals surface area contributed by atoms with Crippen LogP contribution in [0, 0.1) is 13.8 Å². The standard InChI is InChI=1S/C16H13N3O/c1-9-3-5-11(6-4-9)16-19-14-7-12-13(8-15(14)20-16)18-10(2)17-12/h3-8H,1-2H3,(H,17,18). The number of benzene rings is 2. The molecule has 0 radical (unpaired) electrons. The molecule has 0 saturated carbocycles. The summed E-state index contributed by atoms with van der Waals surface area (Å²) in [6.45, 7) is 4.00. The Balaban J connectivity index is 1.91. The van der Waals surface area contributed by atoms with E-state index in [-0.39, 0.29) is 0 Å². The number of aromatic amines is 1. The lowest BCUT2D eigenvalue weighted by atomic mass is 10.1. The molecule has 0 aliphatic rings. The van der Waals surface area contributed by atoms with Crippen LogP contribution >= 0.6 is 0 Å². The fourth-order valence-electron chi connectivity index (χ4n) is 2.38. The zero-order valence-electron chi connectivity index (χ0n) is 11.3. The van der Waals surface area contributed by atoms with Crippen LogP contribution in [-0.2, 0) is 0 Å². The third-order valence-electron chi connectivity index (χ3n) is 3.41. The number of aromatic nitrogens is 3. The first-order chi connectivity index (χ1) is 9.69. The van der Waals surface area contributed by atoms with E-state index >= 15 is 0 Å². The van der Waals surface area contributed by atoms with Gasteiger partial charge in [0.05, 0.1) is 11.0 Å². The number of oxazole rings is 1. The van der Waals surface area contributed by atoms with E-state index in [0.29, 0.717) is 5.89 Å². The Hall–Kier alpha value is -2.62. The van der Waals surface area contributed by atoms with Gasteiger partial charge in [-0.05, 0) is 32.0 Å². The molecule has 1 N–H and O–H groups in total. The maximum atomic E-state index is 5.85. The monoisotopic (exact) mass is 263 g/mol. The van der Waals surface area contributed by atoms with Gasteiger partial charge in [-0.15, -0.1) is 0 Å². The molecule has 2 heterocycles. The lowest BCUT2D eigenvalue weighted by molar-refractivity contribution is 0.620. The van der Waals surface area contributed by atoms with E-state index < -0.39 is 0 Å². The van der Waals surface area contributed by atoms with Crippen LogP contribution in [-0.4, -0.2) is 15.0 Å². The molecule has 4 rings (SSSR count). The first-order valence-corrected chi connectivity index (χ1v) is 6.53. The molecule has 0 fully saturated rings. The molecule has 0 spiro atoms. The lowest BCUT2D eigenvalue weighted by Gasteiger charge is -1.95. The second kappa shape index (κ2) is 3.93. The van der Waals surface area contributed by atoms with Crippen molar-refractivity contribution < 1.29 is 4.42 Å². The second-order valence-electron chi connectivity index (χ2n) is 5.04. The maximum absolute atomic E-state index is 5.85. The Morgan fingerprint density at radius 2 is 1.75 bits per heavy atom. The molecule has 0 unspecified atom stereocenters. The van der Waals surface area contributed by atoms with Gasteiger partial charge < -0.3 is 9.40 Å². The molecule has 98 valence electrons. The summed E-state index contributed by atoms with van der Waals surface area (Å²) in [5, 5.41) is 0. The molecular formula is C16H13N3O. The van der Waals surface area contributed by atoms with Gasteiger partial charge in [-0.2, -0.15) is 0 Å². The fourth-order valence-corrected chi connectivity index (χ4v) is 2.38. The second-order valence-corrected chi connectivity index (χ2v) is 5.04. The predicted molar refractivity (Wildman–Crippen MR) is 78.6 cm³/mol. The van der Waals surface area contributed by atoms with Gasteiger partial charge in [-0.3, -0.25) is 0 Å². The van der Waals surface area contributed by atoms with Crippen LogP contribution in [0.5, 0.6) is 0 Å². The molecule has 20 heavy (non-hydrogen) atoms. The summed E-state index contributed by atoms with van der Waals surface area (Å²) in [5.41, 5.74) is 5.70. The average Bonchev–Trinajstić information content (AvgIpc) is 2.97.